The average Bonchev–Trinajstić information content (AvgIpc) is 3.58. The number of furan rings is 1. The lowest BCUT2D eigenvalue weighted by Crippen LogP contribution is -2.35. The number of piperidine rings is 1. The fourth-order valence-corrected chi connectivity index (χ4v) is 6.49. The van der Waals surface area contributed by atoms with Crippen LogP contribution >= 0.6 is 11.6 Å². The van der Waals surface area contributed by atoms with E-state index in [9.17, 15) is 9.59 Å². The van der Waals surface area contributed by atoms with Crippen molar-refractivity contribution in [3.63, 3.8) is 0 Å². The van der Waals surface area contributed by atoms with Gasteiger partial charge in [0.15, 0.2) is 0 Å². The molecule has 2 aromatic carbocycles. The van der Waals surface area contributed by atoms with Crippen LogP contribution in [0.15, 0.2) is 59.0 Å². The van der Waals surface area contributed by atoms with Crippen LogP contribution in [0.5, 0.6) is 0 Å². The summed E-state index contributed by atoms with van der Waals surface area (Å²) in [4.78, 5) is 37.6. The highest BCUT2D eigenvalue weighted by Crippen LogP contribution is 2.32. The Bertz CT molecular complexity index is 1900. The molecule has 5 heterocycles. The van der Waals surface area contributed by atoms with Crippen LogP contribution in [0.1, 0.15) is 63.2 Å². The Labute approximate surface area is 265 Å². The number of amides is 1. The third-order valence-electron chi connectivity index (χ3n) is 8.81. The lowest BCUT2D eigenvalue weighted by Gasteiger charge is -2.32. The van der Waals surface area contributed by atoms with E-state index in [-0.39, 0.29) is 23.9 Å². The molecule has 2 fully saturated rings. The molecule has 2 aliphatic rings. The van der Waals surface area contributed by atoms with Gasteiger partial charge in [-0.25, -0.2) is 14.8 Å². The molecule has 0 unspecified atom stereocenters. The Hall–Kier alpha value is -4.25. The van der Waals surface area contributed by atoms with E-state index >= 15 is 0 Å². The van der Waals surface area contributed by atoms with E-state index in [0.717, 1.165) is 61.5 Å². The summed E-state index contributed by atoms with van der Waals surface area (Å²) in [6.07, 6.45) is 3.04. The molecule has 0 radical (unpaired) electrons. The number of likely N-dealkylation sites (tertiary alicyclic amines) is 1. The van der Waals surface area contributed by atoms with Crippen molar-refractivity contribution in [2.24, 2.45) is 0 Å². The molecule has 45 heavy (non-hydrogen) atoms. The van der Waals surface area contributed by atoms with Crippen molar-refractivity contribution in [2.45, 2.75) is 51.3 Å². The predicted molar refractivity (Wildman–Crippen MR) is 171 cm³/mol. The van der Waals surface area contributed by atoms with Gasteiger partial charge in [-0.3, -0.25) is 9.69 Å². The standard InChI is InChI=1S/C34H34ClN5O5/c1-20-16-25-26(35)8-7-24(32(25)45-20)33(41)38-30-5-3-4-27(36-30)21-10-13-39(14-11-21)19-31-37-28-9-6-22(34(42)43-2)17-29(28)40(31)18-23-12-15-44-23/h3-9,16-17,21,23H,10-15,18-19H2,1-2H3,(H,36,38,41)/t23-/m0/s1. The van der Waals surface area contributed by atoms with E-state index in [1.165, 1.54) is 7.11 Å². The molecule has 0 bridgehead atoms. The zero-order valence-corrected chi connectivity index (χ0v) is 26.0. The van der Waals surface area contributed by atoms with Crippen molar-refractivity contribution < 1.29 is 23.5 Å². The van der Waals surface area contributed by atoms with E-state index in [1.807, 2.05) is 37.3 Å². The van der Waals surface area contributed by atoms with Gasteiger partial charge in [-0.2, -0.15) is 0 Å². The number of anilines is 1. The number of pyridine rings is 1. The monoisotopic (exact) mass is 627 g/mol. The number of fused-ring (bicyclic) bond motifs is 2. The number of esters is 1. The van der Waals surface area contributed by atoms with Crippen LogP contribution in [0, 0.1) is 6.92 Å². The number of ether oxygens (including phenoxy) is 2. The summed E-state index contributed by atoms with van der Waals surface area (Å²) in [6.45, 7) is 5.79. The fraction of sp³-hybridized carbons (Fsp3) is 0.353. The molecule has 232 valence electrons. The quantitative estimate of drug-likeness (QED) is 0.198. The van der Waals surface area contributed by atoms with Gasteiger partial charge < -0.3 is 23.8 Å². The number of hydrogen-bond acceptors (Lipinski definition) is 8. The number of nitrogens with one attached hydrogen (secondary N) is 1. The number of carbonyl (C=O) groups excluding carboxylic acids is 2. The smallest absolute Gasteiger partial charge is 0.337 e. The Morgan fingerprint density at radius 3 is 2.64 bits per heavy atom. The summed E-state index contributed by atoms with van der Waals surface area (Å²) in [5.41, 5.74) is 4.14. The first-order chi connectivity index (χ1) is 21.9. The van der Waals surface area contributed by atoms with Gasteiger partial charge in [0, 0.05) is 23.6 Å². The normalized spacial score (nSPS) is 17.4. The molecule has 11 heteroatoms. The minimum absolute atomic E-state index is 0.154. The van der Waals surface area contributed by atoms with Crippen LogP contribution in [0.2, 0.25) is 5.02 Å². The van der Waals surface area contributed by atoms with E-state index < -0.39 is 0 Å². The van der Waals surface area contributed by atoms with E-state index in [0.29, 0.717) is 51.8 Å². The van der Waals surface area contributed by atoms with Crippen LogP contribution in [0.4, 0.5) is 5.82 Å². The van der Waals surface area contributed by atoms with Gasteiger partial charge in [-0.1, -0.05) is 17.7 Å². The van der Waals surface area contributed by atoms with E-state index in [4.69, 9.17) is 35.5 Å². The minimum Gasteiger partial charge on any atom is -0.465 e. The molecule has 1 amide bonds. The van der Waals surface area contributed by atoms with Crippen LogP contribution in [0.3, 0.4) is 0 Å². The van der Waals surface area contributed by atoms with Crippen molar-refractivity contribution in [2.75, 3.05) is 32.1 Å². The summed E-state index contributed by atoms with van der Waals surface area (Å²) >= 11 is 6.31. The fourth-order valence-electron chi connectivity index (χ4n) is 6.29. The molecular formula is C34H34ClN5O5. The molecule has 5 aromatic rings. The molecule has 2 saturated heterocycles. The van der Waals surface area contributed by atoms with Crippen molar-refractivity contribution in [3.05, 3.63) is 88.0 Å². The third-order valence-corrected chi connectivity index (χ3v) is 9.14. The largest absolute Gasteiger partial charge is 0.465 e. The molecule has 3 aromatic heterocycles. The Morgan fingerprint density at radius 1 is 1.07 bits per heavy atom. The van der Waals surface area contributed by atoms with Gasteiger partial charge in [0.05, 0.1) is 53.5 Å². The number of nitrogens with zero attached hydrogens (tertiary/aromatic N) is 4. The van der Waals surface area contributed by atoms with Crippen LogP contribution in [-0.2, 0) is 22.6 Å². The number of halogens is 1. The average molecular weight is 628 g/mol. The molecule has 0 saturated carbocycles. The van der Waals surface area contributed by atoms with Crippen LogP contribution in [-0.4, -0.2) is 64.2 Å². The minimum atomic E-state index is -0.361. The van der Waals surface area contributed by atoms with Crippen molar-refractivity contribution in [1.29, 1.82) is 0 Å². The number of carbonyl (C=O) groups is 2. The van der Waals surface area contributed by atoms with Gasteiger partial charge in [-0.15, -0.1) is 0 Å². The summed E-state index contributed by atoms with van der Waals surface area (Å²) in [7, 11) is 1.39. The third kappa shape index (κ3) is 5.93. The summed E-state index contributed by atoms with van der Waals surface area (Å²) in [6, 6.07) is 16.5. The van der Waals surface area contributed by atoms with Gasteiger partial charge in [0.25, 0.3) is 5.91 Å². The molecular weight excluding hydrogens is 594 g/mol. The summed E-state index contributed by atoms with van der Waals surface area (Å²) in [5.74, 6) is 1.78. The van der Waals surface area contributed by atoms with Gasteiger partial charge >= 0.3 is 5.97 Å². The summed E-state index contributed by atoms with van der Waals surface area (Å²) < 4.78 is 18.7. The highest BCUT2D eigenvalue weighted by atomic mass is 35.5. The van der Waals surface area contributed by atoms with Crippen molar-refractivity contribution >= 4 is 51.3 Å². The lowest BCUT2D eigenvalue weighted by molar-refractivity contribution is -0.0592. The number of hydrogen-bond donors (Lipinski definition) is 1. The van der Waals surface area contributed by atoms with Crippen LogP contribution in [0.25, 0.3) is 22.0 Å². The van der Waals surface area contributed by atoms with Gasteiger partial charge in [-0.05, 0) is 87.8 Å². The number of rotatable bonds is 8. The highest BCUT2D eigenvalue weighted by molar-refractivity contribution is 6.36. The number of aromatic nitrogens is 3. The highest BCUT2D eigenvalue weighted by Gasteiger charge is 2.26. The zero-order valence-electron chi connectivity index (χ0n) is 25.2. The number of benzene rings is 2. The second-order valence-corrected chi connectivity index (χ2v) is 12.2. The van der Waals surface area contributed by atoms with Gasteiger partial charge in [0.1, 0.15) is 23.0 Å². The first-order valence-electron chi connectivity index (χ1n) is 15.2. The number of methoxy groups -OCH3 is 1. The lowest BCUT2D eigenvalue weighted by atomic mass is 9.93. The molecule has 0 aliphatic carbocycles. The van der Waals surface area contributed by atoms with E-state index in [2.05, 4.69) is 14.8 Å². The maximum atomic E-state index is 13.2. The SMILES string of the molecule is COC(=O)c1ccc2nc(CN3CCC(c4cccc(NC(=O)c5ccc(Cl)c6cc(C)oc56)n4)CC3)n(C[C@@H]3CCO3)c2c1. The molecule has 0 spiro atoms. The maximum Gasteiger partial charge on any atom is 0.337 e. The van der Waals surface area contributed by atoms with E-state index in [1.54, 1.807) is 24.3 Å². The second kappa shape index (κ2) is 12.3. The second-order valence-electron chi connectivity index (χ2n) is 11.8. The Balaban J connectivity index is 1.03. The first kappa shape index (κ1) is 29.5. The molecule has 7 rings (SSSR count). The molecule has 2 aliphatic heterocycles. The summed E-state index contributed by atoms with van der Waals surface area (Å²) in [5, 5.41) is 4.20. The number of imidazole rings is 1. The molecule has 1 N–H and O–H groups in total. The molecule has 10 nitrogen and oxygen atoms in total. The number of aryl methyl sites for hydroxylation is 1. The first-order valence-corrected chi connectivity index (χ1v) is 15.6. The topological polar surface area (TPSA) is 112 Å². The maximum absolute atomic E-state index is 13.2. The predicted octanol–water partition coefficient (Wildman–Crippen LogP) is 6.35. The van der Waals surface area contributed by atoms with Gasteiger partial charge in [0.2, 0.25) is 0 Å². The van der Waals surface area contributed by atoms with Crippen molar-refractivity contribution in [3.8, 4) is 0 Å². The zero-order chi connectivity index (χ0) is 31.1. The molecule has 1 atom stereocenters. The Morgan fingerprint density at radius 2 is 1.89 bits per heavy atom. The Kier molecular flexibility index (Phi) is 8.03. The van der Waals surface area contributed by atoms with Crippen molar-refractivity contribution in [1.82, 2.24) is 19.4 Å². The van der Waals surface area contributed by atoms with Crippen LogP contribution < -0.4 is 5.32 Å².